The number of H-pyrrole nitrogens is 1. The van der Waals surface area contributed by atoms with Gasteiger partial charge in [0.15, 0.2) is 0 Å². The molecule has 2 N–H and O–H groups in total. The monoisotopic (exact) mass is 240 g/mol. The van der Waals surface area contributed by atoms with Crippen LogP contribution in [-0.2, 0) is 0 Å². The molecule has 0 aliphatic heterocycles. The molecule has 13 heavy (non-hydrogen) atoms. The summed E-state index contributed by atoms with van der Waals surface area (Å²) in [6, 6.07) is 1.52. The maximum atomic E-state index is 10.6. The summed E-state index contributed by atoms with van der Waals surface area (Å²) < 4.78 is 0.885. The van der Waals surface area contributed by atoms with Crippen LogP contribution in [0.1, 0.15) is 10.5 Å². The average Bonchev–Trinajstić information content (AvgIpc) is 2.60. The second-order valence-electron chi connectivity index (χ2n) is 2.46. The Morgan fingerprint density at radius 3 is 3.08 bits per heavy atom. The first-order valence-corrected chi connectivity index (χ1v) is 5.28. The van der Waals surface area contributed by atoms with Crippen molar-refractivity contribution in [3.8, 4) is 0 Å². The molecule has 0 atom stereocenters. The minimum absolute atomic E-state index is 0.0862. The molecule has 2 aromatic rings. The molecule has 2 rings (SSSR count). The number of nitrogens with one attached hydrogen (secondary N) is 1. The molecule has 0 aliphatic carbocycles. The van der Waals surface area contributed by atoms with Gasteiger partial charge in [-0.1, -0.05) is 0 Å². The van der Waals surface area contributed by atoms with E-state index < -0.39 is 5.97 Å². The molecule has 5 heteroatoms. The van der Waals surface area contributed by atoms with Crippen LogP contribution in [0.2, 0.25) is 0 Å². The van der Waals surface area contributed by atoms with Crippen molar-refractivity contribution in [2.45, 2.75) is 0 Å². The summed E-state index contributed by atoms with van der Waals surface area (Å²) in [4.78, 5) is 18.5. The van der Waals surface area contributed by atoms with E-state index in [1.54, 1.807) is 0 Å². The summed E-state index contributed by atoms with van der Waals surface area (Å²) in [6.45, 7) is 6.85. The number of hydrogen-bond donors (Lipinski definition) is 2. The Morgan fingerprint density at radius 1 is 1.69 bits per heavy atom. The Kier molecular flexibility index (Phi) is 1.73. The van der Waals surface area contributed by atoms with Crippen molar-refractivity contribution in [1.29, 1.82) is 0 Å². The molecule has 0 unspecified atom stereocenters. The molecule has 0 aromatic carbocycles. The van der Waals surface area contributed by atoms with Gasteiger partial charge in [0.05, 0.1) is 0 Å². The number of carbonyl (C=O) groups is 1. The third-order valence-corrected chi connectivity index (χ3v) is 3.58. The second kappa shape index (κ2) is 2.77. The number of rotatable bonds is 1. The van der Waals surface area contributed by atoms with E-state index in [9.17, 15) is 4.79 Å². The van der Waals surface area contributed by atoms with Crippen LogP contribution in [0.25, 0.3) is 14.6 Å². The van der Waals surface area contributed by atoms with E-state index >= 15 is 0 Å². The standard InChI is InChI=1S/C8H4N2O2Se/c1-9-6-3-13-7-4(6)2-5(10-7)8(11)12/h2-3,10H,(H,11,12). The summed E-state index contributed by atoms with van der Waals surface area (Å²) in [6.07, 6.45) is 0. The SMILES string of the molecule is [C-]#[N+]c1c[se]c2[nH]c(C(=O)O)cc12. The van der Waals surface area contributed by atoms with Crippen LogP contribution >= 0.6 is 0 Å². The van der Waals surface area contributed by atoms with E-state index in [2.05, 4.69) is 9.83 Å². The molecule has 0 bridgehead atoms. The average molecular weight is 239 g/mol. The van der Waals surface area contributed by atoms with Crippen LogP contribution in [-0.4, -0.2) is 30.6 Å². The quantitative estimate of drug-likeness (QED) is 0.584. The summed E-state index contributed by atoms with van der Waals surface area (Å²) in [5.74, 6) is -0.977. The Labute approximate surface area is 79.4 Å². The first-order valence-electron chi connectivity index (χ1n) is 3.43. The van der Waals surface area contributed by atoms with Crippen molar-refractivity contribution in [2.75, 3.05) is 0 Å². The van der Waals surface area contributed by atoms with Gasteiger partial charge in [-0.2, -0.15) is 0 Å². The van der Waals surface area contributed by atoms with E-state index in [-0.39, 0.29) is 20.2 Å². The molecule has 4 nitrogen and oxygen atoms in total. The summed E-state index contributed by atoms with van der Waals surface area (Å²) in [5, 5.41) is 9.44. The molecule has 0 amide bonds. The normalized spacial score (nSPS) is 10.1. The van der Waals surface area contributed by atoms with Crippen LogP contribution in [0.15, 0.2) is 11.0 Å². The fraction of sp³-hybridized carbons (Fsp3) is 0. The third kappa shape index (κ3) is 1.17. The van der Waals surface area contributed by atoms with Gasteiger partial charge < -0.3 is 0 Å². The van der Waals surface area contributed by atoms with Crippen LogP contribution in [0.4, 0.5) is 5.69 Å². The van der Waals surface area contributed by atoms with Gasteiger partial charge in [-0.3, -0.25) is 0 Å². The zero-order valence-corrected chi connectivity index (χ0v) is 8.08. The number of aromatic nitrogens is 1. The predicted octanol–water partition coefficient (Wildman–Crippen LogP) is 1.47. The summed E-state index contributed by atoms with van der Waals surface area (Å²) in [7, 11) is 0. The van der Waals surface area contributed by atoms with Crippen molar-refractivity contribution in [2.24, 2.45) is 0 Å². The third-order valence-electron chi connectivity index (χ3n) is 1.70. The number of fused-ring (bicyclic) bond motifs is 1. The van der Waals surface area contributed by atoms with Gasteiger partial charge in [-0.25, -0.2) is 0 Å². The number of aromatic carboxylic acids is 1. The van der Waals surface area contributed by atoms with E-state index in [1.165, 1.54) is 6.07 Å². The van der Waals surface area contributed by atoms with E-state index in [1.807, 2.05) is 4.94 Å². The molecule has 64 valence electrons. The maximum absolute atomic E-state index is 10.6. The first kappa shape index (κ1) is 8.11. The van der Waals surface area contributed by atoms with Crippen molar-refractivity contribution >= 4 is 35.9 Å². The van der Waals surface area contributed by atoms with Crippen molar-refractivity contribution in [3.05, 3.63) is 28.1 Å². The Morgan fingerprint density at radius 2 is 2.46 bits per heavy atom. The van der Waals surface area contributed by atoms with Crippen molar-refractivity contribution in [1.82, 2.24) is 4.98 Å². The molecule has 0 radical (unpaired) electrons. The van der Waals surface area contributed by atoms with Gasteiger partial charge in [0.2, 0.25) is 0 Å². The zero-order valence-electron chi connectivity index (χ0n) is 6.37. The van der Waals surface area contributed by atoms with E-state index in [4.69, 9.17) is 11.7 Å². The van der Waals surface area contributed by atoms with Gasteiger partial charge in [0.1, 0.15) is 0 Å². The zero-order chi connectivity index (χ0) is 9.42. The van der Waals surface area contributed by atoms with Gasteiger partial charge in [-0.05, 0) is 0 Å². The molecular weight excluding hydrogens is 235 g/mol. The molecule has 2 heterocycles. The molecule has 0 saturated heterocycles. The Bertz CT molecular complexity index is 518. The van der Waals surface area contributed by atoms with Crippen LogP contribution < -0.4 is 0 Å². The molecule has 0 aliphatic rings. The van der Waals surface area contributed by atoms with Gasteiger partial charge in [0.25, 0.3) is 0 Å². The molecule has 0 saturated carbocycles. The number of hydrogen-bond acceptors (Lipinski definition) is 1. The first-order chi connectivity index (χ1) is 6.22. The Hall–Kier alpha value is -1.50. The van der Waals surface area contributed by atoms with E-state index in [0.29, 0.717) is 5.69 Å². The predicted molar refractivity (Wildman–Crippen MR) is 48.5 cm³/mol. The second-order valence-corrected chi connectivity index (χ2v) is 4.31. The fourth-order valence-electron chi connectivity index (χ4n) is 1.10. The van der Waals surface area contributed by atoms with Crippen LogP contribution in [0.5, 0.6) is 0 Å². The van der Waals surface area contributed by atoms with Gasteiger partial charge in [0, 0.05) is 0 Å². The van der Waals surface area contributed by atoms with Crippen LogP contribution in [0.3, 0.4) is 0 Å². The van der Waals surface area contributed by atoms with Crippen molar-refractivity contribution < 1.29 is 9.90 Å². The number of carboxylic acids is 1. The van der Waals surface area contributed by atoms with Gasteiger partial charge in [-0.15, -0.1) is 0 Å². The number of nitrogens with zero attached hydrogens (tertiary/aromatic N) is 1. The molecule has 0 fully saturated rings. The van der Waals surface area contributed by atoms with Crippen molar-refractivity contribution in [3.63, 3.8) is 0 Å². The fourth-order valence-corrected chi connectivity index (χ4v) is 2.92. The summed E-state index contributed by atoms with van der Waals surface area (Å²) >= 11 is 0.0862. The number of carboxylic acid groups (broad SMARTS) is 1. The topological polar surface area (TPSA) is 57.5 Å². The number of aromatic amines is 1. The Balaban J connectivity index is 2.71. The van der Waals surface area contributed by atoms with E-state index in [0.717, 1.165) is 9.78 Å². The molecule has 2 aromatic heterocycles. The van der Waals surface area contributed by atoms with Gasteiger partial charge >= 0.3 is 78.9 Å². The molecular formula is C8H4N2O2Se. The molecule has 0 spiro atoms. The van der Waals surface area contributed by atoms with Crippen LogP contribution in [0, 0.1) is 6.57 Å². The summed E-state index contributed by atoms with van der Waals surface area (Å²) in [5.41, 5.74) is 0.736. The minimum atomic E-state index is -0.977.